The summed E-state index contributed by atoms with van der Waals surface area (Å²) >= 11 is 6.81. The van der Waals surface area contributed by atoms with Crippen LogP contribution in [0.1, 0.15) is 170 Å². The number of methoxy groups -OCH3 is 2. The van der Waals surface area contributed by atoms with Gasteiger partial charge >= 0.3 is 18.1 Å². The predicted molar refractivity (Wildman–Crippen MR) is 356 cm³/mol. The number of carbonyl (C=O) groups is 10. The number of ether oxygens (including phenoxy) is 5. The Balaban J connectivity index is 0.00000114. The molecule has 2 aromatic carbocycles. The number of aliphatic hydroxyl groups is 1. The molecule has 4 unspecified atom stereocenters. The van der Waals surface area contributed by atoms with Crippen molar-refractivity contribution >= 4 is 82.9 Å². The van der Waals surface area contributed by atoms with Gasteiger partial charge in [0, 0.05) is 70.2 Å². The first kappa shape index (κ1) is 81.5. The second-order valence-electron chi connectivity index (χ2n) is 22.9. The van der Waals surface area contributed by atoms with E-state index in [1.807, 2.05) is 47.6 Å². The lowest BCUT2D eigenvalue weighted by atomic mass is 9.83. The standard InChI is InChI=1S/C48H63ClN8O14.C12H21NO2.C3H8.2C2H6/c1-26-11-9-13-36(68-8)48(66)23-35(69-46(65)55-48)27(2)41-47(4,71-41)37(22-39(60)57(6)33-20-29(19-26)21-34(67-7)40(33)49)70-44(63)28(3)56(5)43(62)30-14-16-31(17-15-30)53-42(61)32(12-10-18-52-45(50)64)54-38(59)24-51-25-58;1-3-5-6-7-8-13-11(14)9-10(4-2)12(13)15;1-3-2;2*1-2/h9,11,13-17,20-21,25,27-28,32,35-37,41,66H,10,12,18-19,22-24H2,1-8H3,(H,51,58)(H,53,61)(H,54,59)(H,55,65)(H3,50,52,64);10H,3-9H2,1-2H3;3H2,1-2H3;2*1-2H3/b13-9+,26-11+;;;;/t27-,28+,32?,35?,36-,37+,41?,47+,48+;;;;/m1..../s1. The molecule has 26 heteroatoms. The number of benzene rings is 2. The minimum atomic E-state index is -1.90. The molecule has 3 saturated heterocycles. The molecule has 93 heavy (non-hydrogen) atoms. The molecule has 25 nitrogen and oxygen atoms in total. The van der Waals surface area contributed by atoms with Crippen molar-refractivity contribution < 1.29 is 76.7 Å². The van der Waals surface area contributed by atoms with Crippen LogP contribution in [0.25, 0.3) is 0 Å². The normalized spacial score (nSPS) is 23.8. The van der Waals surface area contributed by atoms with Crippen LogP contribution in [0.3, 0.4) is 0 Å². The number of alkyl carbamates (subject to hydrolysis) is 1. The van der Waals surface area contributed by atoms with E-state index in [0.717, 1.165) is 35.3 Å². The van der Waals surface area contributed by atoms with Crippen molar-refractivity contribution in [1.29, 1.82) is 0 Å². The molecule has 520 valence electrons. The van der Waals surface area contributed by atoms with Crippen molar-refractivity contribution in [2.45, 2.75) is 208 Å². The van der Waals surface area contributed by atoms with Gasteiger partial charge in [0.15, 0.2) is 5.72 Å². The molecule has 10 atom stereocenters. The van der Waals surface area contributed by atoms with Gasteiger partial charge in [0.25, 0.3) is 5.91 Å². The largest absolute Gasteiger partial charge is 0.495 e. The summed E-state index contributed by atoms with van der Waals surface area (Å²) in [6.07, 6.45) is 7.79. The number of hydrogen-bond donors (Lipinski definition) is 7. The maximum atomic E-state index is 14.4. The van der Waals surface area contributed by atoms with Gasteiger partial charge < -0.3 is 65.6 Å². The van der Waals surface area contributed by atoms with Crippen molar-refractivity contribution in [2.24, 2.45) is 17.6 Å². The molecule has 10 amide bonds. The van der Waals surface area contributed by atoms with E-state index in [9.17, 15) is 53.1 Å². The number of imide groups is 1. The smallest absolute Gasteiger partial charge is 0.409 e. The fourth-order valence-corrected chi connectivity index (χ4v) is 10.8. The van der Waals surface area contributed by atoms with E-state index in [2.05, 4.69) is 47.4 Å². The molecule has 0 radical (unpaired) electrons. The van der Waals surface area contributed by atoms with Crippen molar-refractivity contribution in [3.63, 3.8) is 0 Å². The molecule has 0 saturated carbocycles. The number of carbonyl (C=O) groups excluding carboxylic acids is 10. The first-order valence-electron chi connectivity index (χ1n) is 32.3. The van der Waals surface area contributed by atoms with Crippen LogP contribution in [-0.2, 0) is 58.9 Å². The van der Waals surface area contributed by atoms with E-state index >= 15 is 0 Å². The number of urea groups is 1. The number of epoxide rings is 1. The minimum Gasteiger partial charge on any atom is -0.495 e. The first-order valence-corrected chi connectivity index (χ1v) is 32.7. The quantitative estimate of drug-likeness (QED) is 0.0192. The van der Waals surface area contributed by atoms with Crippen LogP contribution in [0.15, 0.2) is 60.2 Å². The number of unbranched alkanes of at least 4 members (excludes halogenated alkanes) is 3. The van der Waals surface area contributed by atoms with E-state index in [1.54, 1.807) is 38.1 Å². The SMILES string of the molecule is CC.CC.CCC.CCCCCCN1C(=O)CC(CC)C1=O.COc1cc2cc(c1Cl)N(C)C(=O)C[C@H](OC(=O)[C@H](C)N(C)C(=O)c1ccc(NC(=O)C(CCCNC(N)=O)NC(=O)CNC=O)cc1)[C@]1(C)OC1[C@H](C)C1C[C@@](O)(NC(=O)O1)[C@H](OC)/C=C/C=C(\C)C2. The van der Waals surface area contributed by atoms with E-state index < -0.39 is 102 Å². The number of esters is 1. The number of likely N-dealkylation sites (tertiary alicyclic amines) is 1. The van der Waals surface area contributed by atoms with Crippen LogP contribution in [0.2, 0.25) is 5.02 Å². The van der Waals surface area contributed by atoms with Gasteiger partial charge in [-0.25, -0.2) is 14.4 Å². The lowest BCUT2D eigenvalue weighted by Crippen LogP contribution is -2.63. The van der Waals surface area contributed by atoms with Crippen molar-refractivity contribution in [1.82, 2.24) is 31.1 Å². The Kier molecular flexibility index (Phi) is 35.5. The van der Waals surface area contributed by atoms with Gasteiger partial charge in [0.2, 0.25) is 35.9 Å². The van der Waals surface area contributed by atoms with Gasteiger partial charge in [0.1, 0.15) is 46.8 Å². The van der Waals surface area contributed by atoms with Crippen molar-refractivity contribution in [3.05, 3.63) is 76.3 Å². The lowest BCUT2D eigenvalue weighted by Gasteiger charge is -2.42. The average molecular weight is 1330 g/mol. The number of amides is 10. The molecule has 0 spiro atoms. The van der Waals surface area contributed by atoms with Gasteiger partial charge in [-0.3, -0.25) is 43.8 Å². The molecule has 4 heterocycles. The zero-order valence-electron chi connectivity index (χ0n) is 57.4. The highest BCUT2D eigenvalue weighted by Crippen LogP contribution is 2.49. The van der Waals surface area contributed by atoms with Gasteiger partial charge in [-0.15, -0.1) is 0 Å². The summed E-state index contributed by atoms with van der Waals surface area (Å²) < 4.78 is 29.4. The summed E-state index contributed by atoms with van der Waals surface area (Å²) in [5.41, 5.74) is 4.22. The Morgan fingerprint density at radius 2 is 1.62 bits per heavy atom. The number of nitrogens with two attached hydrogens (primary N) is 1. The number of halogens is 1. The van der Waals surface area contributed by atoms with E-state index in [-0.39, 0.29) is 66.4 Å². The van der Waals surface area contributed by atoms with Crippen molar-refractivity contribution in [3.8, 4) is 5.75 Å². The summed E-state index contributed by atoms with van der Waals surface area (Å²) in [5, 5.41) is 24.3. The number of primary amides is 1. The number of nitrogens with one attached hydrogen (secondary N) is 5. The Morgan fingerprint density at radius 1 is 0.968 bits per heavy atom. The first-order chi connectivity index (χ1) is 44.2. The maximum Gasteiger partial charge on any atom is 0.409 e. The van der Waals surface area contributed by atoms with Gasteiger partial charge in [-0.2, -0.15) is 0 Å². The number of likely N-dealkylation sites (N-methyl/N-ethyl adjacent to an activating group) is 1. The molecule has 4 bridgehead atoms. The molecule has 0 aromatic heterocycles. The molecule has 4 aliphatic heterocycles. The van der Waals surface area contributed by atoms with Crippen LogP contribution in [0.5, 0.6) is 5.75 Å². The molecule has 8 N–H and O–H groups in total. The van der Waals surface area contributed by atoms with Gasteiger partial charge in [0.05, 0.1) is 31.9 Å². The number of rotatable bonds is 22. The highest BCUT2D eigenvalue weighted by atomic mass is 35.5. The highest BCUT2D eigenvalue weighted by Gasteiger charge is 2.64. The lowest BCUT2D eigenvalue weighted by molar-refractivity contribution is -0.158. The summed E-state index contributed by atoms with van der Waals surface area (Å²) in [6.45, 7) is 23.5. The second kappa shape index (κ2) is 40.5. The zero-order chi connectivity index (χ0) is 70.3. The molecule has 2 aromatic rings. The second-order valence-corrected chi connectivity index (χ2v) is 23.3. The molecule has 6 rings (SSSR count). The average Bonchev–Trinajstić information content (AvgIpc) is 1.58. The van der Waals surface area contributed by atoms with Crippen LogP contribution in [0.4, 0.5) is 21.0 Å². The summed E-state index contributed by atoms with van der Waals surface area (Å²) in [7, 11) is 5.78. The predicted octanol–water partition coefficient (Wildman–Crippen LogP) is 8.27. The molecular weight excluding hydrogens is 1220 g/mol. The molecule has 0 aliphatic carbocycles. The van der Waals surface area contributed by atoms with E-state index in [1.165, 1.54) is 88.6 Å². The monoisotopic (exact) mass is 1330 g/mol. The fourth-order valence-electron chi connectivity index (χ4n) is 10.5. The Morgan fingerprint density at radius 3 is 2.20 bits per heavy atom. The third-order valence-electron chi connectivity index (χ3n) is 15.9. The summed E-state index contributed by atoms with van der Waals surface area (Å²) in [5.74, 6) is -3.50. The molecule has 3 fully saturated rings. The number of allylic oxidation sites excluding steroid dienone is 3. The number of hydrogen-bond acceptors (Lipinski definition) is 16. The summed E-state index contributed by atoms with van der Waals surface area (Å²) in [6, 6.07) is 6.20. The Bertz CT molecular complexity index is 2880. The van der Waals surface area contributed by atoms with Crippen LogP contribution in [0, 0.1) is 11.8 Å². The Labute approximate surface area is 554 Å². The van der Waals surface area contributed by atoms with Crippen LogP contribution >= 0.6 is 11.6 Å². The number of fused-ring (bicyclic) bond motifs is 5. The van der Waals surface area contributed by atoms with E-state index in [4.69, 9.17) is 41.0 Å². The third-order valence-corrected chi connectivity index (χ3v) is 16.3. The third kappa shape index (κ3) is 24.0. The fraction of sp³-hybridized carbons (Fsp3) is 0.612. The van der Waals surface area contributed by atoms with Crippen molar-refractivity contribution in [2.75, 3.05) is 58.2 Å². The molecule has 4 aliphatic rings. The topological polar surface area (TPSA) is 336 Å². The zero-order valence-corrected chi connectivity index (χ0v) is 58.1. The van der Waals surface area contributed by atoms with Gasteiger partial charge in [-0.05, 0) is 94.8 Å². The van der Waals surface area contributed by atoms with Gasteiger partial charge in [-0.1, -0.05) is 123 Å². The van der Waals surface area contributed by atoms with Crippen LogP contribution in [-0.4, -0.2) is 171 Å². The van der Waals surface area contributed by atoms with Crippen LogP contribution < -0.4 is 42.0 Å². The number of nitrogens with zero attached hydrogens (tertiary/aromatic N) is 3. The maximum absolute atomic E-state index is 14.4. The Hall–Kier alpha value is -7.61. The van der Waals surface area contributed by atoms with E-state index in [0.29, 0.717) is 37.2 Å². The number of anilines is 2. The highest BCUT2D eigenvalue weighted by molar-refractivity contribution is 6.35. The molecular formula is C67H104ClN9O16. The summed E-state index contributed by atoms with van der Waals surface area (Å²) in [4.78, 5) is 130. The minimum absolute atomic E-state index is 0.0309.